The topological polar surface area (TPSA) is 42.3 Å². The molecule has 21 heavy (non-hydrogen) atoms. The van der Waals surface area contributed by atoms with Crippen molar-refractivity contribution in [2.24, 2.45) is 13.0 Å². The molecule has 0 bridgehead atoms. The Morgan fingerprint density at radius 2 is 2.29 bits per heavy atom. The first-order valence-electron chi connectivity index (χ1n) is 8.11. The molecule has 1 aromatic heterocycles. The van der Waals surface area contributed by atoms with Crippen molar-refractivity contribution < 1.29 is 4.74 Å². The van der Waals surface area contributed by atoms with Crippen molar-refractivity contribution in [2.45, 2.75) is 38.8 Å². The Morgan fingerprint density at radius 1 is 1.48 bits per heavy atom. The van der Waals surface area contributed by atoms with Gasteiger partial charge < -0.3 is 14.6 Å². The van der Waals surface area contributed by atoms with Gasteiger partial charge in [0.1, 0.15) is 0 Å². The molecule has 1 N–H and O–H groups in total. The zero-order chi connectivity index (χ0) is 15.2. The van der Waals surface area contributed by atoms with Crippen LogP contribution in [0.4, 0.5) is 0 Å². The van der Waals surface area contributed by atoms with E-state index in [4.69, 9.17) is 4.74 Å². The molecular formula is C16H30N4O. The Bertz CT molecular complexity index is 420. The summed E-state index contributed by atoms with van der Waals surface area (Å²) in [7, 11) is 4.32. The van der Waals surface area contributed by atoms with Gasteiger partial charge in [-0.1, -0.05) is 0 Å². The maximum absolute atomic E-state index is 5.49. The molecule has 2 heterocycles. The second-order valence-electron chi connectivity index (χ2n) is 6.23. The summed E-state index contributed by atoms with van der Waals surface area (Å²) in [5, 5.41) is 3.64. The van der Waals surface area contributed by atoms with Crippen molar-refractivity contribution in [3.8, 4) is 0 Å². The van der Waals surface area contributed by atoms with Gasteiger partial charge in [-0.15, -0.1) is 0 Å². The van der Waals surface area contributed by atoms with Gasteiger partial charge in [-0.25, -0.2) is 4.98 Å². The van der Waals surface area contributed by atoms with Crippen molar-refractivity contribution in [3.05, 3.63) is 18.2 Å². The molecule has 2 rings (SSSR count). The summed E-state index contributed by atoms with van der Waals surface area (Å²) in [5.41, 5.74) is 1.32. The minimum atomic E-state index is 0.407. The Morgan fingerprint density at radius 3 is 2.95 bits per heavy atom. The molecule has 0 spiro atoms. The number of nitrogens with one attached hydrogen (secondary N) is 1. The van der Waals surface area contributed by atoms with E-state index in [9.17, 15) is 0 Å². The number of aromatic nitrogens is 2. The van der Waals surface area contributed by atoms with E-state index >= 15 is 0 Å². The number of likely N-dealkylation sites (tertiary alicyclic amines) is 1. The molecule has 1 saturated heterocycles. The van der Waals surface area contributed by atoms with Crippen LogP contribution in [0, 0.1) is 5.92 Å². The van der Waals surface area contributed by atoms with Crippen LogP contribution in [0.2, 0.25) is 0 Å². The molecule has 1 aliphatic rings. The van der Waals surface area contributed by atoms with E-state index in [2.05, 4.69) is 40.8 Å². The van der Waals surface area contributed by atoms with Gasteiger partial charge in [-0.2, -0.15) is 0 Å². The second kappa shape index (κ2) is 7.92. The molecule has 1 aromatic rings. The monoisotopic (exact) mass is 294 g/mol. The molecule has 5 heteroatoms. The lowest BCUT2D eigenvalue weighted by atomic mass is 9.87. The molecule has 0 aromatic carbocycles. The predicted molar refractivity (Wildman–Crippen MR) is 85.3 cm³/mol. The number of piperidine rings is 1. The van der Waals surface area contributed by atoms with Crippen LogP contribution in [0.1, 0.15) is 38.4 Å². The molecule has 0 amide bonds. The lowest BCUT2D eigenvalue weighted by Gasteiger charge is -2.39. The minimum absolute atomic E-state index is 0.407. The van der Waals surface area contributed by atoms with E-state index in [-0.39, 0.29) is 0 Å². The van der Waals surface area contributed by atoms with Crippen molar-refractivity contribution in [1.29, 1.82) is 0 Å². The molecule has 120 valence electrons. The van der Waals surface area contributed by atoms with Gasteiger partial charge in [0.2, 0.25) is 0 Å². The fourth-order valence-electron chi connectivity index (χ4n) is 3.30. The quantitative estimate of drug-likeness (QED) is 0.833. The molecular weight excluding hydrogens is 264 g/mol. The highest BCUT2D eigenvalue weighted by Gasteiger charge is 2.32. The number of aryl methyl sites for hydroxylation is 1. The average Bonchev–Trinajstić information content (AvgIpc) is 2.88. The number of imidazole rings is 1. The van der Waals surface area contributed by atoms with E-state index in [0.717, 1.165) is 19.8 Å². The Hall–Kier alpha value is -0.910. The largest absolute Gasteiger partial charge is 0.380 e. The zero-order valence-corrected chi connectivity index (χ0v) is 13.9. The number of nitrogens with zero attached hydrogens (tertiary/aromatic N) is 3. The van der Waals surface area contributed by atoms with E-state index in [1.54, 1.807) is 0 Å². The van der Waals surface area contributed by atoms with Crippen LogP contribution in [0.3, 0.4) is 0 Å². The van der Waals surface area contributed by atoms with Crippen molar-refractivity contribution in [3.63, 3.8) is 0 Å². The molecule has 0 saturated carbocycles. The summed E-state index contributed by atoms with van der Waals surface area (Å²) >= 11 is 0. The third-order valence-electron chi connectivity index (χ3n) is 4.46. The maximum atomic E-state index is 5.49. The standard InChI is InChI=1S/C16H30N4O/c1-5-21-11-13(2)18-9-14-7-6-8-19(3)16(14)15-10-17-12-20(15)4/h10,12-14,16,18H,5-9,11H2,1-4H3/t13-,14+,16-/m1/s1. The van der Waals surface area contributed by atoms with E-state index in [1.807, 2.05) is 19.4 Å². The highest BCUT2D eigenvalue weighted by Crippen LogP contribution is 2.34. The maximum Gasteiger partial charge on any atom is 0.0946 e. The normalized spacial score (nSPS) is 25.1. The van der Waals surface area contributed by atoms with Crippen molar-refractivity contribution >= 4 is 0 Å². The average molecular weight is 294 g/mol. The van der Waals surface area contributed by atoms with Gasteiger partial charge in [0.25, 0.3) is 0 Å². The highest BCUT2D eigenvalue weighted by molar-refractivity contribution is 5.08. The SMILES string of the molecule is CCOC[C@@H](C)NC[C@@H]1CCCN(C)[C@H]1c1cncn1C. The lowest BCUT2D eigenvalue weighted by Crippen LogP contribution is -2.43. The first-order chi connectivity index (χ1) is 10.1. The van der Waals surface area contributed by atoms with E-state index < -0.39 is 0 Å². The molecule has 0 radical (unpaired) electrons. The van der Waals surface area contributed by atoms with Gasteiger partial charge in [0, 0.05) is 32.4 Å². The number of rotatable bonds is 7. The van der Waals surface area contributed by atoms with Crippen LogP contribution >= 0.6 is 0 Å². The molecule has 0 unspecified atom stereocenters. The summed E-state index contributed by atoms with van der Waals surface area (Å²) in [6, 6.07) is 0.863. The number of ether oxygens (including phenoxy) is 1. The molecule has 0 aliphatic carbocycles. The third kappa shape index (κ3) is 4.28. The summed E-state index contributed by atoms with van der Waals surface area (Å²) in [5.74, 6) is 0.628. The van der Waals surface area contributed by atoms with Crippen LogP contribution in [-0.4, -0.2) is 53.8 Å². The summed E-state index contributed by atoms with van der Waals surface area (Å²) in [6.45, 7) is 8.02. The Kier molecular flexibility index (Phi) is 6.21. The molecule has 1 fully saturated rings. The highest BCUT2D eigenvalue weighted by atomic mass is 16.5. The second-order valence-corrected chi connectivity index (χ2v) is 6.23. The summed E-state index contributed by atoms with van der Waals surface area (Å²) < 4.78 is 7.64. The van der Waals surface area contributed by atoms with Crippen LogP contribution in [0.25, 0.3) is 0 Å². The first kappa shape index (κ1) is 16.5. The van der Waals surface area contributed by atoms with Crippen LogP contribution < -0.4 is 5.32 Å². The molecule has 5 nitrogen and oxygen atoms in total. The van der Waals surface area contributed by atoms with E-state index in [1.165, 1.54) is 25.1 Å². The Balaban J connectivity index is 1.97. The fourth-order valence-corrected chi connectivity index (χ4v) is 3.30. The van der Waals surface area contributed by atoms with Crippen LogP contribution in [0.15, 0.2) is 12.5 Å². The van der Waals surface area contributed by atoms with Gasteiger partial charge in [0.05, 0.1) is 24.7 Å². The van der Waals surface area contributed by atoms with Crippen LogP contribution in [0.5, 0.6) is 0 Å². The van der Waals surface area contributed by atoms with Crippen molar-refractivity contribution in [2.75, 3.05) is 33.4 Å². The van der Waals surface area contributed by atoms with E-state index in [0.29, 0.717) is 18.0 Å². The fraction of sp³-hybridized carbons (Fsp3) is 0.812. The van der Waals surface area contributed by atoms with Gasteiger partial charge in [-0.05, 0) is 46.2 Å². The molecule has 3 atom stereocenters. The summed E-state index contributed by atoms with van der Waals surface area (Å²) in [4.78, 5) is 6.77. The smallest absolute Gasteiger partial charge is 0.0946 e. The van der Waals surface area contributed by atoms with Gasteiger partial charge in [-0.3, -0.25) is 4.90 Å². The van der Waals surface area contributed by atoms with Crippen LogP contribution in [-0.2, 0) is 11.8 Å². The molecule has 1 aliphatic heterocycles. The first-order valence-corrected chi connectivity index (χ1v) is 8.11. The van der Waals surface area contributed by atoms with Gasteiger partial charge in [0.15, 0.2) is 0 Å². The Labute approximate surface area is 128 Å². The number of hydrogen-bond donors (Lipinski definition) is 1. The van der Waals surface area contributed by atoms with Gasteiger partial charge >= 0.3 is 0 Å². The number of hydrogen-bond acceptors (Lipinski definition) is 4. The summed E-state index contributed by atoms with van der Waals surface area (Å²) in [6.07, 6.45) is 6.47. The lowest BCUT2D eigenvalue weighted by molar-refractivity contribution is 0.0987. The third-order valence-corrected chi connectivity index (χ3v) is 4.46. The predicted octanol–water partition coefficient (Wildman–Crippen LogP) is 1.82. The zero-order valence-electron chi connectivity index (χ0n) is 13.9. The van der Waals surface area contributed by atoms with Crippen molar-refractivity contribution in [1.82, 2.24) is 19.8 Å². The minimum Gasteiger partial charge on any atom is -0.380 e.